The van der Waals surface area contributed by atoms with Gasteiger partial charge in [-0.3, -0.25) is 4.79 Å². The Morgan fingerprint density at radius 3 is 3.00 bits per heavy atom. The van der Waals surface area contributed by atoms with Crippen LogP contribution >= 0.6 is 0 Å². The summed E-state index contributed by atoms with van der Waals surface area (Å²) in [5.41, 5.74) is 1.79. The second-order valence-corrected chi connectivity index (χ2v) is 6.02. The van der Waals surface area contributed by atoms with Gasteiger partial charge in [0.05, 0.1) is 17.7 Å². The molecule has 1 spiro atoms. The molecule has 0 saturated carbocycles. The lowest BCUT2D eigenvalue weighted by Gasteiger charge is -2.34. The lowest BCUT2D eigenvalue weighted by atomic mass is 9.95. The van der Waals surface area contributed by atoms with Crippen molar-refractivity contribution >= 4 is 23.0 Å². The maximum Gasteiger partial charge on any atom is 0.150 e. The first-order chi connectivity index (χ1) is 10.3. The van der Waals surface area contributed by atoms with E-state index in [1.165, 1.54) is 12.8 Å². The number of hydrogen-bond donors (Lipinski definition) is 0. The molecule has 0 bridgehead atoms. The molecule has 4 nitrogen and oxygen atoms in total. The molecule has 2 saturated heterocycles. The van der Waals surface area contributed by atoms with Crippen LogP contribution in [0.15, 0.2) is 30.3 Å². The third kappa shape index (κ3) is 2.02. The molecule has 2 aliphatic rings. The zero-order valence-corrected chi connectivity index (χ0v) is 11.9. The number of fused-ring (bicyclic) bond motifs is 1. The van der Waals surface area contributed by atoms with Gasteiger partial charge in [-0.25, -0.2) is 4.98 Å². The normalized spacial score (nSPS) is 25.0. The van der Waals surface area contributed by atoms with Gasteiger partial charge in [-0.05, 0) is 49.6 Å². The van der Waals surface area contributed by atoms with E-state index in [4.69, 9.17) is 9.72 Å². The molecule has 0 unspecified atom stereocenters. The zero-order chi connectivity index (χ0) is 14.3. The molecule has 2 aromatic rings. The Labute approximate surface area is 123 Å². The number of anilines is 1. The smallest absolute Gasteiger partial charge is 0.150 e. The number of ether oxygens (including phenoxy) is 1. The Hall–Kier alpha value is -1.94. The van der Waals surface area contributed by atoms with Gasteiger partial charge in [0.15, 0.2) is 0 Å². The average molecular weight is 282 g/mol. The van der Waals surface area contributed by atoms with Crippen molar-refractivity contribution in [3.05, 3.63) is 35.9 Å². The van der Waals surface area contributed by atoms with Crippen LogP contribution in [0.25, 0.3) is 10.9 Å². The summed E-state index contributed by atoms with van der Waals surface area (Å²) >= 11 is 0. The summed E-state index contributed by atoms with van der Waals surface area (Å²) < 4.78 is 5.64. The van der Waals surface area contributed by atoms with E-state index >= 15 is 0 Å². The molecule has 1 aromatic carbocycles. The number of rotatable bonds is 2. The number of aldehydes is 1. The first-order valence-corrected chi connectivity index (χ1v) is 7.52. The fourth-order valence-corrected chi connectivity index (χ4v) is 3.66. The highest BCUT2D eigenvalue weighted by Gasteiger charge is 2.44. The van der Waals surface area contributed by atoms with Gasteiger partial charge >= 0.3 is 0 Å². The van der Waals surface area contributed by atoms with Crippen molar-refractivity contribution in [3.8, 4) is 0 Å². The number of benzene rings is 1. The average Bonchev–Trinajstić information content (AvgIpc) is 3.17. The topological polar surface area (TPSA) is 42.4 Å². The number of hydrogen-bond acceptors (Lipinski definition) is 4. The third-order valence-electron chi connectivity index (χ3n) is 4.79. The highest BCUT2D eigenvalue weighted by atomic mass is 16.5. The SMILES string of the molecule is O=Cc1ccc2nc(N3CCC[C@]34CCOC4)ccc2c1. The van der Waals surface area contributed by atoms with E-state index in [0.717, 1.165) is 49.2 Å². The molecule has 2 fully saturated rings. The van der Waals surface area contributed by atoms with Crippen LogP contribution in [0.3, 0.4) is 0 Å². The minimum absolute atomic E-state index is 0.156. The van der Waals surface area contributed by atoms with Gasteiger partial charge in [-0.2, -0.15) is 0 Å². The maximum absolute atomic E-state index is 10.9. The Morgan fingerprint density at radius 2 is 2.19 bits per heavy atom. The number of pyridine rings is 1. The Balaban J connectivity index is 1.75. The van der Waals surface area contributed by atoms with Crippen LogP contribution in [0, 0.1) is 0 Å². The van der Waals surface area contributed by atoms with Crippen LogP contribution in [-0.2, 0) is 4.74 Å². The maximum atomic E-state index is 10.9. The van der Waals surface area contributed by atoms with Crippen molar-refractivity contribution in [2.45, 2.75) is 24.8 Å². The van der Waals surface area contributed by atoms with Crippen LogP contribution < -0.4 is 4.90 Å². The van der Waals surface area contributed by atoms with Gasteiger partial charge in [-0.15, -0.1) is 0 Å². The van der Waals surface area contributed by atoms with Crippen molar-refractivity contribution in [3.63, 3.8) is 0 Å². The molecule has 2 aliphatic heterocycles. The highest BCUT2D eigenvalue weighted by Crippen LogP contribution is 2.39. The van der Waals surface area contributed by atoms with Gasteiger partial charge in [0.25, 0.3) is 0 Å². The van der Waals surface area contributed by atoms with Crippen LogP contribution in [0.5, 0.6) is 0 Å². The molecular weight excluding hydrogens is 264 g/mol. The summed E-state index contributed by atoms with van der Waals surface area (Å²) in [6.07, 6.45) is 4.36. The molecule has 108 valence electrons. The van der Waals surface area contributed by atoms with Crippen LogP contribution in [0.2, 0.25) is 0 Å². The summed E-state index contributed by atoms with van der Waals surface area (Å²) in [5, 5.41) is 1.01. The van der Waals surface area contributed by atoms with Gasteiger partial charge in [-0.1, -0.05) is 0 Å². The van der Waals surface area contributed by atoms with Crippen molar-refractivity contribution in [1.82, 2.24) is 4.98 Å². The predicted molar refractivity (Wildman–Crippen MR) is 81.9 cm³/mol. The van der Waals surface area contributed by atoms with Crippen molar-refractivity contribution in [2.75, 3.05) is 24.7 Å². The van der Waals surface area contributed by atoms with Gasteiger partial charge in [0.2, 0.25) is 0 Å². The van der Waals surface area contributed by atoms with E-state index in [2.05, 4.69) is 17.0 Å². The summed E-state index contributed by atoms with van der Waals surface area (Å²) in [4.78, 5) is 18.1. The Kier molecular flexibility index (Phi) is 2.93. The number of carbonyl (C=O) groups excluding carboxylic acids is 1. The summed E-state index contributed by atoms with van der Waals surface area (Å²) in [5.74, 6) is 1.03. The summed E-state index contributed by atoms with van der Waals surface area (Å²) in [7, 11) is 0. The van der Waals surface area contributed by atoms with Crippen LogP contribution in [-0.4, -0.2) is 36.6 Å². The number of aromatic nitrogens is 1. The van der Waals surface area contributed by atoms with E-state index in [-0.39, 0.29) is 5.54 Å². The molecule has 0 N–H and O–H groups in total. The monoisotopic (exact) mass is 282 g/mol. The van der Waals surface area contributed by atoms with Gasteiger partial charge in [0.1, 0.15) is 12.1 Å². The van der Waals surface area contributed by atoms with Crippen LogP contribution in [0.1, 0.15) is 29.6 Å². The van der Waals surface area contributed by atoms with Gasteiger partial charge < -0.3 is 9.64 Å². The van der Waals surface area contributed by atoms with Gasteiger partial charge in [0, 0.05) is 24.1 Å². The molecule has 1 aromatic heterocycles. The highest BCUT2D eigenvalue weighted by molar-refractivity contribution is 5.87. The Morgan fingerprint density at radius 1 is 1.24 bits per heavy atom. The largest absolute Gasteiger partial charge is 0.379 e. The summed E-state index contributed by atoms with van der Waals surface area (Å²) in [6.45, 7) is 2.72. The molecule has 1 atom stereocenters. The molecular formula is C17H18N2O2. The molecule has 4 heteroatoms. The molecule has 0 radical (unpaired) electrons. The Bertz CT molecular complexity index is 687. The quantitative estimate of drug-likeness (QED) is 0.794. The first kappa shape index (κ1) is 12.8. The lowest BCUT2D eigenvalue weighted by molar-refractivity contribution is 0.112. The fraction of sp³-hybridized carbons (Fsp3) is 0.412. The molecule has 4 rings (SSSR count). The fourth-order valence-electron chi connectivity index (χ4n) is 3.66. The zero-order valence-electron chi connectivity index (χ0n) is 11.9. The predicted octanol–water partition coefficient (Wildman–Crippen LogP) is 2.81. The van der Waals surface area contributed by atoms with E-state index in [0.29, 0.717) is 5.56 Å². The standard InChI is InChI=1S/C17H18N2O2/c20-11-13-2-4-15-14(10-13)3-5-16(18-15)19-8-1-6-17(19)7-9-21-12-17/h2-5,10-11H,1,6-9,12H2/t17-/m1/s1. The molecule has 3 heterocycles. The molecule has 0 amide bonds. The second kappa shape index (κ2) is 4.81. The third-order valence-corrected chi connectivity index (χ3v) is 4.79. The minimum atomic E-state index is 0.156. The molecule has 21 heavy (non-hydrogen) atoms. The minimum Gasteiger partial charge on any atom is -0.379 e. The van der Waals surface area contributed by atoms with Crippen molar-refractivity contribution in [2.24, 2.45) is 0 Å². The molecule has 0 aliphatic carbocycles. The van der Waals surface area contributed by atoms with E-state index in [1.54, 1.807) is 0 Å². The summed E-state index contributed by atoms with van der Waals surface area (Å²) in [6, 6.07) is 9.77. The van der Waals surface area contributed by atoms with Crippen molar-refractivity contribution < 1.29 is 9.53 Å². The van der Waals surface area contributed by atoms with E-state index < -0.39 is 0 Å². The first-order valence-electron chi connectivity index (χ1n) is 7.52. The lowest BCUT2D eigenvalue weighted by Crippen LogP contribution is -2.45. The van der Waals surface area contributed by atoms with E-state index in [1.807, 2.05) is 18.2 Å². The van der Waals surface area contributed by atoms with E-state index in [9.17, 15) is 4.79 Å². The van der Waals surface area contributed by atoms with Crippen molar-refractivity contribution in [1.29, 1.82) is 0 Å². The second-order valence-electron chi connectivity index (χ2n) is 6.02. The number of carbonyl (C=O) groups is 1. The van der Waals surface area contributed by atoms with Crippen LogP contribution in [0.4, 0.5) is 5.82 Å². The number of nitrogens with zero attached hydrogens (tertiary/aromatic N) is 2.